The van der Waals surface area contributed by atoms with Crippen molar-refractivity contribution in [3.63, 3.8) is 0 Å². The molecule has 2 aromatic carbocycles. The molecule has 0 aliphatic heterocycles. The Hall–Kier alpha value is -3.71. The molecule has 0 spiro atoms. The molecule has 0 radical (unpaired) electrons. The molecule has 0 saturated heterocycles. The number of esters is 1. The third-order valence-corrected chi connectivity index (χ3v) is 5.60. The topological polar surface area (TPSA) is 73.8 Å². The van der Waals surface area contributed by atoms with E-state index in [1.807, 2.05) is 36.4 Å². The number of rotatable bonds is 3. The number of aromatic nitrogens is 2. The molecule has 142 valence electrons. The predicted octanol–water partition coefficient (Wildman–Crippen LogP) is 3.50. The van der Waals surface area contributed by atoms with Gasteiger partial charge in [-0.3, -0.25) is 4.79 Å². The lowest BCUT2D eigenvalue weighted by Gasteiger charge is -2.00. The number of hydrogen-bond donors (Lipinski definition) is 0. The summed E-state index contributed by atoms with van der Waals surface area (Å²) >= 11 is 1.33. The quantitative estimate of drug-likeness (QED) is 0.432. The molecule has 0 N–H and O–H groups in total. The van der Waals surface area contributed by atoms with E-state index in [0.29, 0.717) is 26.6 Å². The van der Waals surface area contributed by atoms with Crippen LogP contribution in [0, 0.1) is 0 Å². The first-order valence-electron chi connectivity index (χ1n) is 8.84. The molecule has 29 heavy (non-hydrogen) atoms. The SMILES string of the molecule is COC(=O)c1ccc(-c2ccc(/C=c3\sc4nc5ccccc5n4c3=O)o2)cc1. The van der Waals surface area contributed by atoms with E-state index in [1.165, 1.54) is 18.4 Å². The van der Waals surface area contributed by atoms with Crippen molar-refractivity contribution in [1.82, 2.24) is 9.38 Å². The average Bonchev–Trinajstić information content (AvgIpc) is 3.43. The molecule has 0 unspecified atom stereocenters. The van der Waals surface area contributed by atoms with Crippen LogP contribution in [0.1, 0.15) is 16.1 Å². The molecule has 5 aromatic rings. The van der Waals surface area contributed by atoms with E-state index in [2.05, 4.69) is 4.98 Å². The zero-order valence-electron chi connectivity index (χ0n) is 15.3. The Balaban J connectivity index is 1.52. The summed E-state index contributed by atoms with van der Waals surface area (Å²) < 4.78 is 12.8. The summed E-state index contributed by atoms with van der Waals surface area (Å²) in [6.07, 6.45) is 1.72. The number of hydrogen-bond acceptors (Lipinski definition) is 6. The largest absolute Gasteiger partial charge is 0.465 e. The van der Waals surface area contributed by atoms with E-state index in [4.69, 9.17) is 9.15 Å². The Morgan fingerprint density at radius 3 is 2.69 bits per heavy atom. The number of thiazole rings is 1. The first-order chi connectivity index (χ1) is 14.1. The number of carbonyl (C=O) groups excluding carboxylic acids is 1. The fraction of sp³-hybridized carbons (Fsp3) is 0.0455. The molecule has 0 bridgehead atoms. The van der Waals surface area contributed by atoms with Crippen LogP contribution >= 0.6 is 11.3 Å². The van der Waals surface area contributed by atoms with Crippen molar-refractivity contribution in [2.24, 2.45) is 0 Å². The third-order valence-electron chi connectivity index (χ3n) is 4.64. The molecular formula is C22H14N2O4S. The molecule has 3 heterocycles. The van der Waals surface area contributed by atoms with E-state index in [1.54, 1.807) is 34.7 Å². The molecule has 5 rings (SSSR count). The molecule has 0 atom stereocenters. The van der Waals surface area contributed by atoms with Gasteiger partial charge in [-0.2, -0.15) is 0 Å². The van der Waals surface area contributed by atoms with Crippen molar-refractivity contribution in [3.05, 3.63) is 86.9 Å². The number of furan rings is 1. The first-order valence-corrected chi connectivity index (χ1v) is 9.66. The van der Waals surface area contributed by atoms with Gasteiger partial charge in [0.25, 0.3) is 5.56 Å². The van der Waals surface area contributed by atoms with E-state index in [0.717, 1.165) is 16.6 Å². The molecule has 3 aromatic heterocycles. The van der Waals surface area contributed by atoms with Crippen molar-refractivity contribution in [2.75, 3.05) is 7.11 Å². The van der Waals surface area contributed by atoms with Gasteiger partial charge in [0.05, 0.1) is 23.7 Å². The Morgan fingerprint density at radius 2 is 1.90 bits per heavy atom. The van der Waals surface area contributed by atoms with Crippen LogP contribution in [0.2, 0.25) is 0 Å². The van der Waals surface area contributed by atoms with Crippen LogP contribution in [-0.4, -0.2) is 22.5 Å². The third kappa shape index (κ3) is 2.92. The zero-order valence-corrected chi connectivity index (χ0v) is 16.1. The van der Waals surface area contributed by atoms with Gasteiger partial charge >= 0.3 is 5.97 Å². The number of fused-ring (bicyclic) bond motifs is 3. The van der Waals surface area contributed by atoms with Gasteiger partial charge in [0.15, 0.2) is 4.96 Å². The minimum atomic E-state index is -0.386. The summed E-state index contributed by atoms with van der Waals surface area (Å²) in [4.78, 5) is 29.6. The van der Waals surface area contributed by atoms with Crippen molar-refractivity contribution in [3.8, 4) is 11.3 Å². The van der Waals surface area contributed by atoms with Crippen LogP contribution in [0.3, 0.4) is 0 Å². The summed E-state index contributed by atoms with van der Waals surface area (Å²) in [6.45, 7) is 0. The first kappa shape index (κ1) is 17.4. The number of methoxy groups -OCH3 is 1. The van der Waals surface area contributed by atoms with Gasteiger partial charge in [0, 0.05) is 11.6 Å². The highest BCUT2D eigenvalue weighted by Crippen LogP contribution is 2.23. The lowest BCUT2D eigenvalue weighted by atomic mass is 10.1. The number of carbonyl (C=O) groups is 1. The number of nitrogens with zero attached hydrogens (tertiary/aromatic N) is 2. The molecule has 6 nitrogen and oxygen atoms in total. The Kier molecular flexibility index (Phi) is 4.03. The number of imidazole rings is 1. The van der Waals surface area contributed by atoms with Gasteiger partial charge in [-0.1, -0.05) is 35.6 Å². The van der Waals surface area contributed by atoms with Gasteiger partial charge in [-0.05, 0) is 36.4 Å². The zero-order chi connectivity index (χ0) is 20.0. The van der Waals surface area contributed by atoms with Crippen LogP contribution < -0.4 is 10.1 Å². The maximum Gasteiger partial charge on any atom is 0.337 e. The highest BCUT2D eigenvalue weighted by Gasteiger charge is 2.12. The average molecular weight is 402 g/mol. The van der Waals surface area contributed by atoms with Crippen LogP contribution in [0.5, 0.6) is 0 Å². The van der Waals surface area contributed by atoms with E-state index >= 15 is 0 Å². The van der Waals surface area contributed by atoms with Gasteiger partial charge in [-0.25, -0.2) is 14.2 Å². The highest BCUT2D eigenvalue weighted by atomic mass is 32.1. The second-order valence-corrected chi connectivity index (χ2v) is 7.41. The molecule has 0 fully saturated rings. The summed E-state index contributed by atoms with van der Waals surface area (Å²) in [5.74, 6) is 0.832. The van der Waals surface area contributed by atoms with Gasteiger partial charge in [0.2, 0.25) is 0 Å². The smallest absolute Gasteiger partial charge is 0.337 e. The van der Waals surface area contributed by atoms with Gasteiger partial charge in [-0.15, -0.1) is 0 Å². The van der Waals surface area contributed by atoms with Crippen LogP contribution in [-0.2, 0) is 4.74 Å². The van der Waals surface area contributed by atoms with Crippen LogP contribution in [0.25, 0.3) is 33.4 Å². The van der Waals surface area contributed by atoms with Gasteiger partial charge < -0.3 is 9.15 Å². The predicted molar refractivity (Wildman–Crippen MR) is 111 cm³/mol. The Labute approximate surface area is 168 Å². The van der Waals surface area contributed by atoms with E-state index < -0.39 is 0 Å². The molecule has 0 amide bonds. The summed E-state index contributed by atoms with van der Waals surface area (Å²) in [5.41, 5.74) is 2.79. The molecule has 0 aliphatic carbocycles. The maximum atomic E-state index is 12.8. The standard InChI is InChI=1S/C22H14N2O4S/c1-27-21(26)14-8-6-13(7-9-14)18-11-10-15(28-18)12-19-20(25)24-17-5-3-2-4-16(17)23-22(24)29-19/h2-12H,1H3/b19-12-. The molecule has 0 saturated carbocycles. The minimum absolute atomic E-state index is 0.112. The van der Waals surface area contributed by atoms with Crippen molar-refractivity contribution in [2.45, 2.75) is 0 Å². The van der Waals surface area contributed by atoms with Gasteiger partial charge in [0.1, 0.15) is 16.1 Å². The summed E-state index contributed by atoms with van der Waals surface area (Å²) in [7, 11) is 1.35. The number of benzene rings is 2. The van der Waals surface area contributed by atoms with Crippen LogP contribution in [0.15, 0.2) is 69.9 Å². The molecular weight excluding hydrogens is 388 g/mol. The summed E-state index contributed by atoms with van der Waals surface area (Å²) in [5, 5.41) is 0. The second-order valence-electron chi connectivity index (χ2n) is 6.41. The molecule has 0 aliphatic rings. The summed E-state index contributed by atoms with van der Waals surface area (Å²) in [6, 6.07) is 18.2. The fourth-order valence-electron chi connectivity index (χ4n) is 3.22. The molecule has 7 heteroatoms. The van der Waals surface area contributed by atoms with E-state index in [9.17, 15) is 9.59 Å². The maximum absolute atomic E-state index is 12.8. The lowest BCUT2D eigenvalue weighted by Crippen LogP contribution is -2.22. The second kappa shape index (κ2) is 6.72. The number of ether oxygens (including phenoxy) is 1. The van der Waals surface area contributed by atoms with Crippen LogP contribution in [0.4, 0.5) is 0 Å². The van der Waals surface area contributed by atoms with Crippen molar-refractivity contribution < 1.29 is 13.9 Å². The van der Waals surface area contributed by atoms with E-state index in [-0.39, 0.29) is 11.5 Å². The fourth-order valence-corrected chi connectivity index (χ4v) is 4.18. The lowest BCUT2D eigenvalue weighted by molar-refractivity contribution is 0.0600. The Morgan fingerprint density at radius 1 is 1.10 bits per heavy atom. The number of para-hydroxylation sites is 2. The monoisotopic (exact) mass is 402 g/mol. The van der Waals surface area contributed by atoms with Crippen molar-refractivity contribution >= 4 is 39.4 Å². The van der Waals surface area contributed by atoms with Crippen molar-refractivity contribution in [1.29, 1.82) is 0 Å². The Bertz CT molecular complexity index is 1480. The normalized spacial score (nSPS) is 12.1. The minimum Gasteiger partial charge on any atom is -0.465 e. The highest BCUT2D eigenvalue weighted by molar-refractivity contribution is 7.15.